The van der Waals surface area contributed by atoms with Crippen molar-refractivity contribution in [3.8, 4) is 0 Å². The van der Waals surface area contributed by atoms with Crippen LogP contribution < -0.4 is 5.32 Å². The maximum atomic E-state index is 12.8. The van der Waals surface area contributed by atoms with E-state index in [1.54, 1.807) is 23.5 Å². The fourth-order valence-electron chi connectivity index (χ4n) is 2.49. The molecular formula is C13H21BrN2O3S2. The maximum absolute atomic E-state index is 12.8. The zero-order valence-corrected chi connectivity index (χ0v) is 15.3. The van der Waals surface area contributed by atoms with Crippen LogP contribution in [0, 0.1) is 0 Å². The normalized spacial score (nSPS) is 20.8. The van der Waals surface area contributed by atoms with Gasteiger partial charge in [-0.1, -0.05) is 6.42 Å². The van der Waals surface area contributed by atoms with Crippen molar-refractivity contribution in [2.24, 2.45) is 0 Å². The van der Waals surface area contributed by atoms with Gasteiger partial charge in [-0.15, -0.1) is 11.3 Å². The first-order valence-corrected chi connectivity index (χ1v) is 10.1. The largest absolute Gasteiger partial charge is 0.383 e. The number of piperidine rings is 1. The molecule has 1 aliphatic rings. The molecule has 5 nitrogen and oxygen atoms in total. The molecular weight excluding hydrogens is 376 g/mol. The molecule has 2 heterocycles. The van der Waals surface area contributed by atoms with Crippen LogP contribution in [-0.4, -0.2) is 52.1 Å². The zero-order valence-electron chi connectivity index (χ0n) is 12.0. The SMILES string of the molecule is COCCNCC1CCCCN1S(=O)(=O)c1ccc(Br)s1. The Balaban J connectivity index is 2.07. The Kier molecular flexibility index (Phi) is 6.64. The molecule has 120 valence electrons. The number of hydrogen-bond acceptors (Lipinski definition) is 5. The van der Waals surface area contributed by atoms with Gasteiger partial charge < -0.3 is 10.1 Å². The summed E-state index contributed by atoms with van der Waals surface area (Å²) < 4.78 is 33.4. The molecule has 0 saturated carbocycles. The Morgan fingerprint density at radius 2 is 2.29 bits per heavy atom. The second-order valence-electron chi connectivity index (χ2n) is 5.02. The molecule has 2 rings (SSSR count). The van der Waals surface area contributed by atoms with Crippen molar-refractivity contribution in [1.29, 1.82) is 0 Å². The number of sulfonamides is 1. The van der Waals surface area contributed by atoms with Crippen LogP contribution in [0.4, 0.5) is 0 Å². The summed E-state index contributed by atoms with van der Waals surface area (Å²) in [6.07, 6.45) is 2.92. The lowest BCUT2D eigenvalue weighted by Crippen LogP contribution is -2.48. The van der Waals surface area contributed by atoms with Gasteiger partial charge in [0.05, 0.1) is 10.4 Å². The number of halogens is 1. The molecule has 1 N–H and O–H groups in total. The van der Waals surface area contributed by atoms with Crippen molar-refractivity contribution >= 4 is 37.3 Å². The fourth-order valence-corrected chi connectivity index (χ4v) is 6.32. The van der Waals surface area contributed by atoms with Gasteiger partial charge in [0.15, 0.2) is 0 Å². The molecule has 1 saturated heterocycles. The third-order valence-corrected chi connectivity index (χ3v) is 7.59. The van der Waals surface area contributed by atoms with Crippen LogP contribution in [-0.2, 0) is 14.8 Å². The molecule has 0 spiro atoms. The lowest BCUT2D eigenvalue weighted by Gasteiger charge is -2.34. The molecule has 1 aliphatic heterocycles. The van der Waals surface area contributed by atoms with Gasteiger partial charge in [-0.25, -0.2) is 8.42 Å². The molecule has 21 heavy (non-hydrogen) atoms. The second kappa shape index (κ2) is 8.03. The molecule has 1 fully saturated rings. The summed E-state index contributed by atoms with van der Waals surface area (Å²) in [7, 11) is -1.72. The first kappa shape index (κ1) is 17.4. The highest BCUT2D eigenvalue weighted by Gasteiger charge is 2.34. The minimum Gasteiger partial charge on any atom is -0.383 e. The second-order valence-corrected chi connectivity index (χ2v) is 9.60. The third kappa shape index (κ3) is 4.49. The van der Waals surface area contributed by atoms with E-state index >= 15 is 0 Å². The van der Waals surface area contributed by atoms with Crippen molar-refractivity contribution in [1.82, 2.24) is 9.62 Å². The van der Waals surface area contributed by atoms with Crippen molar-refractivity contribution in [3.05, 3.63) is 15.9 Å². The minimum absolute atomic E-state index is 0.0291. The topological polar surface area (TPSA) is 58.6 Å². The van der Waals surface area contributed by atoms with E-state index < -0.39 is 10.0 Å². The number of methoxy groups -OCH3 is 1. The van der Waals surface area contributed by atoms with Crippen LogP contribution in [0.25, 0.3) is 0 Å². The summed E-state index contributed by atoms with van der Waals surface area (Å²) in [5.74, 6) is 0. The van der Waals surface area contributed by atoms with Gasteiger partial charge in [0.25, 0.3) is 10.0 Å². The van der Waals surface area contributed by atoms with Crippen molar-refractivity contribution in [3.63, 3.8) is 0 Å². The van der Waals surface area contributed by atoms with Gasteiger partial charge in [-0.3, -0.25) is 0 Å². The molecule has 0 aliphatic carbocycles. The zero-order chi connectivity index (χ0) is 15.3. The van der Waals surface area contributed by atoms with Gasteiger partial charge in [-0.05, 0) is 40.9 Å². The Hall–Kier alpha value is 0.01000. The Morgan fingerprint density at radius 1 is 1.48 bits per heavy atom. The average Bonchev–Trinajstić information content (AvgIpc) is 2.91. The monoisotopic (exact) mass is 396 g/mol. The van der Waals surface area contributed by atoms with Crippen LogP contribution in [0.2, 0.25) is 0 Å². The highest BCUT2D eigenvalue weighted by atomic mass is 79.9. The molecule has 8 heteroatoms. The summed E-state index contributed by atoms with van der Waals surface area (Å²) in [6, 6.07) is 3.49. The Morgan fingerprint density at radius 3 is 2.95 bits per heavy atom. The summed E-state index contributed by atoms with van der Waals surface area (Å²) in [6.45, 7) is 2.66. The number of hydrogen-bond donors (Lipinski definition) is 1. The molecule has 0 aromatic carbocycles. The molecule has 0 radical (unpaired) electrons. The first-order valence-electron chi connectivity index (χ1n) is 7.02. The summed E-state index contributed by atoms with van der Waals surface area (Å²) in [5, 5.41) is 3.28. The van der Waals surface area contributed by atoms with Crippen molar-refractivity contribution < 1.29 is 13.2 Å². The van der Waals surface area contributed by atoms with Gasteiger partial charge >= 0.3 is 0 Å². The smallest absolute Gasteiger partial charge is 0.252 e. The van der Waals surface area contributed by atoms with E-state index in [0.717, 1.165) is 29.6 Å². The van der Waals surface area contributed by atoms with E-state index in [2.05, 4.69) is 21.2 Å². The minimum atomic E-state index is -3.38. The van der Waals surface area contributed by atoms with Gasteiger partial charge in [0, 0.05) is 32.8 Å². The van der Waals surface area contributed by atoms with Crippen molar-refractivity contribution in [2.45, 2.75) is 29.5 Å². The van der Waals surface area contributed by atoms with E-state index in [1.807, 2.05) is 0 Å². The lowest BCUT2D eigenvalue weighted by atomic mass is 10.1. The lowest BCUT2D eigenvalue weighted by molar-refractivity contribution is 0.191. The molecule has 1 unspecified atom stereocenters. The van der Waals surface area contributed by atoms with E-state index in [9.17, 15) is 8.42 Å². The van der Waals surface area contributed by atoms with E-state index in [1.165, 1.54) is 11.3 Å². The van der Waals surface area contributed by atoms with Crippen molar-refractivity contribution in [2.75, 3.05) is 33.4 Å². The molecule has 1 aromatic heterocycles. The van der Waals surface area contributed by atoms with Crippen LogP contribution in [0.1, 0.15) is 19.3 Å². The molecule has 1 atom stereocenters. The van der Waals surface area contributed by atoms with E-state index in [4.69, 9.17) is 4.74 Å². The van der Waals surface area contributed by atoms with Crippen LogP contribution in [0.5, 0.6) is 0 Å². The van der Waals surface area contributed by atoms with Gasteiger partial charge in [-0.2, -0.15) is 4.31 Å². The highest BCUT2D eigenvalue weighted by Crippen LogP contribution is 2.31. The quantitative estimate of drug-likeness (QED) is 0.718. The molecule has 0 amide bonds. The predicted octanol–water partition coefficient (Wildman–Crippen LogP) is 2.29. The number of thiophene rings is 1. The number of ether oxygens (including phenoxy) is 1. The standard InChI is InChI=1S/C13H21BrN2O3S2/c1-19-9-7-15-10-11-4-2-3-8-16(11)21(17,18)13-6-5-12(14)20-13/h5-6,11,15H,2-4,7-10H2,1H3. The van der Waals surface area contributed by atoms with E-state index in [-0.39, 0.29) is 6.04 Å². The first-order chi connectivity index (χ1) is 10.1. The molecule has 0 bridgehead atoms. The highest BCUT2D eigenvalue weighted by molar-refractivity contribution is 9.11. The predicted molar refractivity (Wildman–Crippen MR) is 88.3 cm³/mol. The molecule has 1 aromatic rings. The summed E-state index contributed by atoms with van der Waals surface area (Å²) in [5.41, 5.74) is 0. The van der Waals surface area contributed by atoms with E-state index in [0.29, 0.717) is 23.9 Å². The summed E-state index contributed by atoms with van der Waals surface area (Å²) in [4.78, 5) is 0. The average molecular weight is 397 g/mol. The van der Waals surface area contributed by atoms with Gasteiger partial charge in [0.2, 0.25) is 0 Å². The number of nitrogens with one attached hydrogen (secondary N) is 1. The van der Waals surface area contributed by atoms with Gasteiger partial charge in [0.1, 0.15) is 4.21 Å². The van der Waals surface area contributed by atoms with Crippen LogP contribution in [0.15, 0.2) is 20.1 Å². The van der Waals surface area contributed by atoms with Crippen LogP contribution in [0.3, 0.4) is 0 Å². The fraction of sp³-hybridized carbons (Fsp3) is 0.692. The third-order valence-electron chi connectivity index (χ3n) is 3.55. The number of nitrogens with zero attached hydrogens (tertiary/aromatic N) is 1. The maximum Gasteiger partial charge on any atom is 0.252 e. The summed E-state index contributed by atoms with van der Waals surface area (Å²) >= 11 is 4.60. The Labute approximate surface area is 138 Å². The van der Waals surface area contributed by atoms with Crippen LogP contribution >= 0.6 is 27.3 Å². The number of rotatable bonds is 7. The Bertz CT molecular complexity index is 547.